The molecule has 1 aromatic heterocycles. The molecule has 0 bridgehead atoms. The average Bonchev–Trinajstić information content (AvgIpc) is 2.12. The van der Waals surface area contributed by atoms with Crippen LogP contribution in [0.2, 0.25) is 0 Å². The normalized spacial score (nSPS) is 10.1. The number of nitrogens with one attached hydrogen (secondary N) is 1. The van der Waals surface area contributed by atoms with Crippen LogP contribution < -0.4 is 5.32 Å². The molecule has 2 N–H and O–H groups in total. The van der Waals surface area contributed by atoms with Crippen LogP contribution in [0.5, 0.6) is 0 Å². The molecule has 4 heteroatoms. The van der Waals surface area contributed by atoms with E-state index in [1.54, 1.807) is 6.20 Å². The van der Waals surface area contributed by atoms with Gasteiger partial charge in [0, 0.05) is 11.9 Å². The lowest BCUT2D eigenvalue weighted by molar-refractivity contribution is -0.135. The Hall–Kier alpha value is -1.42. The highest BCUT2D eigenvalue weighted by Crippen LogP contribution is 2.00. The Labute approximate surface area is 83.0 Å². The van der Waals surface area contributed by atoms with E-state index in [1.807, 2.05) is 19.1 Å². The Morgan fingerprint density at radius 3 is 3.07 bits per heavy atom. The standard InChI is InChI=1S/C10H14N2O2/c1-8-6-9(3-5-12-8)2-4-11-7-10(13)14/h3,5-6,11H,2,4,7H2,1H3,(H,13,14). The van der Waals surface area contributed by atoms with Crippen molar-refractivity contribution in [2.45, 2.75) is 13.3 Å². The Morgan fingerprint density at radius 1 is 1.64 bits per heavy atom. The summed E-state index contributed by atoms with van der Waals surface area (Å²) in [4.78, 5) is 14.3. The monoisotopic (exact) mass is 194 g/mol. The molecule has 0 saturated carbocycles. The Morgan fingerprint density at radius 2 is 2.43 bits per heavy atom. The molecular formula is C10H14N2O2. The van der Waals surface area contributed by atoms with Gasteiger partial charge in [0.25, 0.3) is 0 Å². The molecule has 0 radical (unpaired) electrons. The number of hydrogen-bond donors (Lipinski definition) is 2. The smallest absolute Gasteiger partial charge is 0.317 e. The minimum absolute atomic E-state index is 0.0179. The number of aryl methyl sites for hydroxylation is 1. The van der Waals surface area contributed by atoms with Crippen molar-refractivity contribution in [2.24, 2.45) is 0 Å². The van der Waals surface area contributed by atoms with Crippen LogP contribution in [-0.4, -0.2) is 29.1 Å². The summed E-state index contributed by atoms with van der Waals surface area (Å²) in [7, 11) is 0. The van der Waals surface area contributed by atoms with E-state index in [4.69, 9.17) is 5.11 Å². The molecule has 1 rings (SSSR count). The zero-order valence-electron chi connectivity index (χ0n) is 8.16. The predicted octanol–water partition coefficient (Wildman–Crippen LogP) is 0.607. The van der Waals surface area contributed by atoms with Gasteiger partial charge in [0.1, 0.15) is 0 Å². The molecule has 1 aromatic rings. The quantitative estimate of drug-likeness (QED) is 0.674. The number of nitrogens with zero attached hydrogens (tertiary/aromatic N) is 1. The summed E-state index contributed by atoms with van der Waals surface area (Å²) in [5.74, 6) is -0.823. The first kappa shape index (κ1) is 10.7. The molecule has 0 atom stereocenters. The van der Waals surface area contributed by atoms with Gasteiger partial charge in [0.15, 0.2) is 0 Å². The molecule has 14 heavy (non-hydrogen) atoms. The van der Waals surface area contributed by atoms with Gasteiger partial charge in [-0.1, -0.05) is 0 Å². The van der Waals surface area contributed by atoms with Crippen molar-refractivity contribution in [3.63, 3.8) is 0 Å². The van der Waals surface area contributed by atoms with E-state index in [0.717, 1.165) is 12.1 Å². The van der Waals surface area contributed by atoms with Gasteiger partial charge in [-0.25, -0.2) is 0 Å². The summed E-state index contributed by atoms with van der Waals surface area (Å²) in [6.07, 6.45) is 2.60. The van der Waals surface area contributed by atoms with Gasteiger partial charge >= 0.3 is 5.97 Å². The lowest BCUT2D eigenvalue weighted by Crippen LogP contribution is -2.24. The number of carboxylic acid groups (broad SMARTS) is 1. The van der Waals surface area contributed by atoms with Crippen LogP contribution in [0.3, 0.4) is 0 Å². The van der Waals surface area contributed by atoms with Crippen LogP contribution in [0.25, 0.3) is 0 Å². The van der Waals surface area contributed by atoms with Gasteiger partial charge in [-0.15, -0.1) is 0 Å². The Balaban J connectivity index is 2.28. The molecule has 76 valence electrons. The molecule has 1 heterocycles. The molecule has 4 nitrogen and oxygen atoms in total. The highest BCUT2D eigenvalue weighted by atomic mass is 16.4. The van der Waals surface area contributed by atoms with Crippen molar-refractivity contribution < 1.29 is 9.90 Å². The summed E-state index contributed by atoms with van der Waals surface area (Å²) in [6, 6.07) is 3.94. The average molecular weight is 194 g/mol. The summed E-state index contributed by atoms with van der Waals surface area (Å²) in [6.45, 7) is 2.63. The van der Waals surface area contributed by atoms with Crippen molar-refractivity contribution in [1.29, 1.82) is 0 Å². The first-order valence-electron chi connectivity index (χ1n) is 4.52. The maximum absolute atomic E-state index is 10.2. The molecule has 0 aliphatic carbocycles. The SMILES string of the molecule is Cc1cc(CCNCC(=O)O)ccn1. The summed E-state index contributed by atoms with van der Waals surface area (Å²) < 4.78 is 0. The lowest BCUT2D eigenvalue weighted by Gasteiger charge is -2.02. The number of carboxylic acids is 1. The topological polar surface area (TPSA) is 62.2 Å². The van der Waals surface area contributed by atoms with Crippen LogP contribution in [0, 0.1) is 6.92 Å². The van der Waals surface area contributed by atoms with E-state index in [9.17, 15) is 4.79 Å². The fourth-order valence-electron chi connectivity index (χ4n) is 1.19. The number of hydrogen-bond acceptors (Lipinski definition) is 3. The number of pyridine rings is 1. The highest BCUT2D eigenvalue weighted by molar-refractivity contribution is 5.68. The first-order valence-corrected chi connectivity index (χ1v) is 4.52. The highest BCUT2D eigenvalue weighted by Gasteiger charge is 1.96. The Kier molecular flexibility index (Phi) is 4.07. The van der Waals surface area contributed by atoms with Crippen LogP contribution in [0.1, 0.15) is 11.3 Å². The molecule has 0 saturated heterocycles. The number of rotatable bonds is 5. The summed E-state index contributed by atoms with van der Waals surface area (Å²) in [5, 5.41) is 11.2. The third kappa shape index (κ3) is 4.00. The van der Waals surface area contributed by atoms with E-state index in [1.165, 1.54) is 5.56 Å². The number of aliphatic carboxylic acids is 1. The van der Waals surface area contributed by atoms with Crippen LogP contribution in [0.4, 0.5) is 0 Å². The minimum atomic E-state index is -0.823. The molecule has 0 aromatic carbocycles. The molecular weight excluding hydrogens is 180 g/mol. The first-order chi connectivity index (χ1) is 6.68. The van der Waals surface area contributed by atoms with Crippen LogP contribution in [0.15, 0.2) is 18.3 Å². The second-order valence-corrected chi connectivity index (χ2v) is 3.13. The molecule has 0 aliphatic heterocycles. The van der Waals surface area contributed by atoms with Crippen LogP contribution >= 0.6 is 0 Å². The van der Waals surface area contributed by atoms with E-state index in [-0.39, 0.29) is 6.54 Å². The molecule has 0 unspecified atom stereocenters. The number of aromatic nitrogens is 1. The van der Waals surface area contributed by atoms with Crippen molar-refractivity contribution in [3.8, 4) is 0 Å². The zero-order chi connectivity index (χ0) is 10.4. The fourth-order valence-corrected chi connectivity index (χ4v) is 1.19. The minimum Gasteiger partial charge on any atom is -0.480 e. The van der Waals surface area contributed by atoms with Crippen LogP contribution in [-0.2, 0) is 11.2 Å². The van der Waals surface area contributed by atoms with Crippen molar-refractivity contribution >= 4 is 5.97 Å². The van der Waals surface area contributed by atoms with Crippen molar-refractivity contribution in [1.82, 2.24) is 10.3 Å². The predicted molar refractivity (Wildman–Crippen MR) is 53.2 cm³/mol. The van der Waals surface area contributed by atoms with E-state index in [0.29, 0.717) is 6.54 Å². The lowest BCUT2D eigenvalue weighted by atomic mass is 10.2. The summed E-state index contributed by atoms with van der Waals surface area (Å²) in [5.41, 5.74) is 2.16. The van der Waals surface area contributed by atoms with Gasteiger partial charge in [0.05, 0.1) is 6.54 Å². The van der Waals surface area contributed by atoms with E-state index < -0.39 is 5.97 Å². The second kappa shape index (κ2) is 5.34. The largest absolute Gasteiger partial charge is 0.480 e. The van der Waals surface area contributed by atoms with Crippen molar-refractivity contribution in [2.75, 3.05) is 13.1 Å². The zero-order valence-corrected chi connectivity index (χ0v) is 8.16. The fraction of sp³-hybridized carbons (Fsp3) is 0.400. The summed E-state index contributed by atoms with van der Waals surface area (Å²) >= 11 is 0. The van der Waals surface area contributed by atoms with Gasteiger partial charge in [-0.3, -0.25) is 9.78 Å². The second-order valence-electron chi connectivity index (χ2n) is 3.13. The van der Waals surface area contributed by atoms with Gasteiger partial charge in [-0.05, 0) is 37.6 Å². The molecule has 0 spiro atoms. The maximum Gasteiger partial charge on any atom is 0.317 e. The van der Waals surface area contributed by atoms with E-state index >= 15 is 0 Å². The maximum atomic E-state index is 10.2. The van der Waals surface area contributed by atoms with Gasteiger partial charge in [-0.2, -0.15) is 0 Å². The Bertz CT molecular complexity index is 313. The third-order valence-corrected chi connectivity index (χ3v) is 1.83. The molecule has 0 aliphatic rings. The van der Waals surface area contributed by atoms with Gasteiger partial charge in [0.2, 0.25) is 0 Å². The van der Waals surface area contributed by atoms with E-state index in [2.05, 4.69) is 10.3 Å². The van der Waals surface area contributed by atoms with Gasteiger partial charge < -0.3 is 10.4 Å². The molecule has 0 fully saturated rings. The molecule has 0 amide bonds. The van der Waals surface area contributed by atoms with Crippen molar-refractivity contribution in [3.05, 3.63) is 29.6 Å². The number of carbonyl (C=O) groups is 1. The third-order valence-electron chi connectivity index (χ3n) is 1.83.